The van der Waals surface area contributed by atoms with Crippen LogP contribution >= 0.6 is 0 Å². The number of halogens is 2. The molecular formula is C17H23F2NO3. The number of rotatable bonds is 5. The van der Waals surface area contributed by atoms with Crippen LogP contribution in [0.15, 0.2) is 18.2 Å². The van der Waals surface area contributed by atoms with Crippen LogP contribution in [0.3, 0.4) is 0 Å². The summed E-state index contributed by atoms with van der Waals surface area (Å²) in [6.07, 6.45) is 0.00253. The van der Waals surface area contributed by atoms with Gasteiger partial charge in [0, 0.05) is 31.0 Å². The van der Waals surface area contributed by atoms with Gasteiger partial charge in [0.15, 0.2) is 0 Å². The molecular weight excluding hydrogens is 304 g/mol. The summed E-state index contributed by atoms with van der Waals surface area (Å²) in [5.74, 6) is -5.04. The van der Waals surface area contributed by atoms with E-state index in [2.05, 4.69) is 0 Å². The second-order valence-corrected chi connectivity index (χ2v) is 6.15. The van der Waals surface area contributed by atoms with E-state index in [4.69, 9.17) is 5.11 Å². The van der Waals surface area contributed by atoms with Gasteiger partial charge in [0.1, 0.15) is 5.75 Å². The highest BCUT2D eigenvalue weighted by Gasteiger charge is 2.42. The highest BCUT2D eigenvalue weighted by atomic mass is 19.3. The fourth-order valence-electron chi connectivity index (χ4n) is 3.09. The largest absolute Gasteiger partial charge is 0.507 e. The van der Waals surface area contributed by atoms with Gasteiger partial charge in [-0.15, -0.1) is 0 Å². The maximum Gasteiger partial charge on any atom is 0.303 e. The summed E-state index contributed by atoms with van der Waals surface area (Å²) in [7, 11) is 0. The molecule has 1 fully saturated rings. The van der Waals surface area contributed by atoms with E-state index in [0.29, 0.717) is 19.5 Å². The van der Waals surface area contributed by atoms with Gasteiger partial charge in [-0.3, -0.25) is 9.69 Å². The first-order chi connectivity index (χ1) is 10.8. The first-order valence-corrected chi connectivity index (χ1v) is 7.95. The molecule has 23 heavy (non-hydrogen) atoms. The molecule has 1 saturated heterocycles. The molecule has 128 valence electrons. The lowest BCUT2D eigenvalue weighted by Crippen LogP contribution is -2.30. The summed E-state index contributed by atoms with van der Waals surface area (Å²) in [4.78, 5) is 12.6. The number of hydrogen-bond acceptors (Lipinski definition) is 3. The number of aryl methyl sites for hydroxylation is 1. The summed E-state index contributed by atoms with van der Waals surface area (Å²) in [5, 5.41) is 19.0. The fourth-order valence-corrected chi connectivity index (χ4v) is 3.09. The maximum atomic E-state index is 14.1. The summed E-state index contributed by atoms with van der Waals surface area (Å²) < 4.78 is 28.1. The molecule has 4 nitrogen and oxygen atoms in total. The average molecular weight is 327 g/mol. The first-order valence-electron chi connectivity index (χ1n) is 7.95. The number of aromatic hydroxyl groups is 1. The van der Waals surface area contributed by atoms with E-state index < -0.39 is 24.2 Å². The van der Waals surface area contributed by atoms with Crippen molar-refractivity contribution in [3.8, 4) is 5.75 Å². The third-order valence-corrected chi connectivity index (χ3v) is 4.55. The predicted octanol–water partition coefficient (Wildman–Crippen LogP) is 3.28. The minimum atomic E-state index is -2.96. The van der Waals surface area contributed by atoms with Crippen LogP contribution < -0.4 is 0 Å². The zero-order valence-corrected chi connectivity index (χ0v) is 13.3. The highest BCUT2D eigenvalue weighted by molar-refractivity contribution is 5.67. The molecule has 0 aromatic heterocycles. The van der Waals surface area contributed by atoms with Crippen molar-refractivity contribution in [1.82, 2.24) is 4.90 Å². The third kappa shape index (κ3) is 4.41. The van der Waals surface area contributed by atoms with Crippen molar-refractivity contribution in [3.05, 3.63) is 29.3 Å². The Labute approximate surface area is 134 Å². The molecule has 0 bridgehead atoms. The number of carbonyl (C=O) groups is 1. The van der Waals surface area contributed by atoms with Crippen LogP contribution in [0, 0.1) is 5.92 Å². The van der Waals surface area contributed by atoms with E-state index in [9.17, 15) is 18.7 Å². The number of benzene rings is 1. The van der Waals surface area contributed by atoms with Crippen LogP contribution in [0.5, 0.6) is 5.75 Å². The first kappa shape index (κ1) is 17.7. The van der Waals surface area contributed by atoms with Crippen LogP contribution in [-0.4, -0.2) is 40.1 Å². The smallest absolute Gasteiger partial charge is 0.303 e. The van der Waals surface area contributed by atoms with Gasteiger partial charge in [0.2, 0.25) is 0 Å². The van der Waals surface area contributed by atoms with Crippen molar-refractivity contribution in [1.29, 1.82) is 0 Å². The van der Waals surface area contributed by atoms with Crippen molar-refractivity contribution >= 4 is 5.97 Å². The molecule has 6 heteroatoms. The van der Waals surface area contributed by atoms with Crippen LogP contribution in [0.2, 0.25) is 0 Å². The minimum absolute atomic E-state index is 0.146. The lowest BCUT2D eigenvalue weighted by Gasteiger charge is -2.22. The molecule has 2 rings (SSSR count). The van der Waals surface area contributed by atoms with Gasteiger partial charge in [-0.05, 0) is 24.9 Å². The van der Waals surface area contributed by atoms with Gasteiger partial charge in [0.25, 0.3) is 5.92 Å². The molecule has 0 amide bonds. The number of hydrogen-bond donors (Lipinski definition) is 2. The van der Waals surface area contributed by atoms with Gasteiger partial charge in [-0.1, -0.05) is 25.1 Å². The van der Waals surface area contributed by atoms with Crippen LogP contribution in [0.1, 0.15) is 37.3 Å². The minimum Gasteiger partial charge on any atom is -0.507 e. The number of carboxylic acid groups (broad SMARTS) is 1. The Morgan fingerprint density at radius 3 is 2.70 bits per heavy atom. The second kappa shape index (κ2) is 7.25. The Kier molecular flexibility index (Phi) is 5.57. The molecule has 0 spiro atoms. The normalized spacial score (nSPS) is 21.8. The SMILES string of the molecule is CCc1cccc(CN2CCC(CC(=O)O)C(F)(F)CC2)c1O. The number of carboxylic acids is 1. The quantitative estimate of drug-likeness (QED) is 0.871. The number of likely N-dealkylation sites (tertiary alicyclic amines) is 1. The number of phenols is 1. The van der Waals surface area contributed by atoms with Gasteiger partial charge >= 0.3 is 5.97 Å². The maximum absolute atomic E-state index is 14.1. The number of alkyl halides is 2. The number of aliphatic carboxylic acids is 1. The van der Waals surface area contributed by atoms with Crippen LogP contribution in [0.25, 0.3) is 0 Å². The van der Waals surface area contributed by atoms with E-state index in [1.165, 1.54) is 0 Å². The molecule has 1 aliphatic heterocycles. The van der Waals surface area contributed by atoms with Crippen LogP contribution in [0.4, 0.5) is 8.78 Å². The lowest BCUT2D eigenvalue weighted by molar-refractivity contribution is -0.143. The van der Waals surface area contributed by atoms with E-state index in [1.54, 1.807) is 6.07 Å². The Morgan fingerprint density at radius 1 is 1.35 bits per heavy atom. The summed E-state index contributed by atoms with van der Waals surface area (Å²) in [5.41, 5.74) is 1.57. The monoisotopic (exact) mass is 327 g/mol. The standard InChI is InChI=1S/C17H23F2NO3/c1-2-12-4-3-5-13(16(12)23)11-20-8-6-14(10-15(21)22)17(18,19)7-9-20/h3-5,14,23H,2,6-11H2,1H3,(H,21,22). The van der Waals surface area contributed by atoms with Crippen molar-refractivity contribution in [2.75, 3.05) is 13.1 Å². The predicted molar refractivity (Wildman–Crippen MR) is 82.7 cm³/mol. The molecule has 1 atom stereocenters. The average Bonchev–Trinajstić information content (AvgIpc) is 2.62. The van der Waals surface area contributed by atoms with E-state index in [1.807, 2.05) is 24.0 Å². The van der Waals surface area contributed by atoms with Crippen LogP contribution in [-0.2, 0) is 17.8 Å². The Morgan fingerprint density at radius 2 is 2.04 bits per heavy atom. The molecule has 0 radical (unpaired) electrons. The molecule has 1 unspecified atom stereocenters. The topological polar surface area (TPSA) is 60.8 Å². The Balaban J connectivity index is 2.07. The van der Waals surface area contributed by atoms with E-state index in [0.717, 1.165) is 11.1 Å². The van der Waals surface area contributed by atoms with Crippen molar-refractivity contribution in [3.63, 3.8) is 0 Å². The van der Waals surface area contributed by atoms with Crippen molar-refractivity contribution < 1.29 is 23.8 Å². The molecule has 1 aromatic rings. The second-order valence-electron chi connectivity index (χ2n) is 6.15. The van der Waals surface area contributed by atoms with Gasteiger partial charge in [-0.2, -0.15) is 0 Å². The Bertz CT molecular complexity index is 563. The number of phenolic OH excluding ortho intramolecular Hbond substituents is 1. The Hall–Kier alpha value is -1.69. The highest BCUT2D eigenvalue weighted by Crippen LogP contribution is 2.36. The van der Waals surface area contributed by atoms with E-state index in [-0.39, 0.29) is 25.1 Å². The van der Waals surface area contributed by atoms with Crippen molar-refractivity contribution in [2.45, 2.75) is 45.1 Å². The molecule has 1 heterocycles. The summed E-state index contributed by atoms with van der Waals surface area (Å²) in [6, 6.07) is 5.50. The lowest BCUT2D eigenvalue weighted by atomic mass is 9.93. The van der Waals surface area contributed by atoms with Gasteiger partial charge in [-0.25, -0.2) is 8.78 Å². The zero-order valence-electron chi connectivity index (χ0n) is 13.3. The van der Waals surface area contributed by atoms with Crippen molar-refractivity contribution in [2.24, 2.45) is 5.92 Å². The summed E-state index contributed by atoms with van der Waals surface area (Å²) in [6.45, 7) is 2.94. The molecule has 0 saturated carbocycles. The third-order valence-electron chi connectivity index (χ3n) is 4.55. The molecule has 1 aromatic carbocycles. The summed E-state index contributed by atoms with van der Waals surface area (Å²) >= 11 is 0. The van der Waals surface area contributed by atoms with Gasteiger partial charge in [0.05, 0.1) is 6.42 Å². The molecule has 2 N–H and O–H groups in total. The fraction of sp³-hybridized carbons (Fsp3) is 0.588. The molecule has 0 aliphatic carbocycles. The zero-order chi connectivity index (χ0) is 17.0. The number of para-hydroxylation sites is 1. The number of nitrogens with zero attached hydrogens (tertiary/aromatic N) is 1. The van der Waals surface area contributed by atoms with Gasteiger partial charge < -0.3 is 10.2 Å². The van der Waals surface area contributed by atoms with E-state index >= 15 is 0 Å². The molecule has 1 aliphatic rings.